The maximum atomic E-state index is 13.6. The van der Waals surface area contributed by atoms with Gasteiger partial charge in [0.15, 0.2) is 0 Å². The van der Waals surface area contributed by atoms with Gasteiger partial charge in [-0.2, -0.15) is 5.26 Å². The average Bonchev–Trinajstić information content (AvgIpc) is 3.42. The van der Waals surface area contributed by atoms with E-state index in [0.29, 0.717) is 41.6 Å². The van der Waals surface area contributed by atoms with Crippen LogP contribution in [0.1, 0.15) is 23.2 Å². The second-order valence-electron chi connectivity index (χ2n) is 7.36. The van der Waals surface area contributed by atoms with Crippen molar-refractivity contribution in [3.05, 3.63) is 53.6 Å². The summed E-state index contributed by atoms with van der Waals surface area (Å²) in [5, 5.41) is 16.0. The van der Waals surface area contributed by atoms with E-state index in [2.05, 4.69) is 36.6 Å². The molecule has 0 spiro atoms. The van der Waals surface area contributed by atoms with Crippen molar-refractivity contribution < 1.29 is 4.39 Å². The molecule has 1 fully saturated rings. The second-order valence-corrected chi connectivity index (χ2v) is 7.36. The van der Waals surface area contributed by atoms with E-state index in [9.17, 15) is 9.65 Å². The predicted molar refractivity (Wildman–Crippen MR) is 110 cm³/mol. The first kappa shape index (κ1) is 18.4. The Morgan fingerprint density at radius 1 is 1.20 bits per heavy atom. The molecule has 9 heteroatoms. The zero-order valence-electron chi connectivity index (χ0n) is 16.1. The minimum absolute atomic E-state index is 0.271. The van der Waals surface area contributed by atoms with E-state index in [-0.39, 0.29) is 6.54 Å². The molecular formula is C21H19FN8. The summed E-state index contributed by atoms with van der Waals surface area (Å²) in [5.41, 5.74) is 4.78. The van der Waals surface area contributed by atoms with Crippen molar-refractivity contribution in [1.29, 1.82) is 5.26 Å². The summed E-state index contributed by atoms with van der Waals surface area (Å²) in [6.45, 7) is 2.42. The van der Waals surface area contributed by atoms with Crippen LogP contribution in [0.15, 0.2) is 36.8 Å². The Labute approximate surface area is 172 Å². The quantitative estimate of drug-likeness (QED) is 0.687. The van der Waals surface area contributed by atoms with Crippen LogP contribution in [-0.4, -0.2) is 39.2 Å². The van der Waals surface area contributed by atoms with E-state index in [0.717, 1.165) is 30.0 Å². The van der Waals surface area contributed by atoms with Crippen LogP contribution in [0.2, 0.25) is 0 Å². The molecule has 0 bridgehead atoms. The summed E-state index contributed by atoms with van der Waals surface area (Å²) in [6, 6.07) is 7.72. The lowest BCUT2D eigenvalue weighted by Gasteiger charge is -2.18. The number of fused-ring (bicyclic) bond motifs is 1. The first-order chi connectivity index (χ1) is 14.7. The normalized spacial score (nSPS) is 17.6. The number of anilines is 3. The zero-order valence-corrected chi connectivity index (χ0v) is 16.1. The van der Waals surface area contributed by atoms with Gasteiger partial charge in [-0.1, -0.05) is 0 Å². The number of nitriles is 1. The summed E-state index contributed by atoms with van der Waals surface area (Å²) in [6.07, 6.45) is 4.67. The van der Waals surface area contributed by atoms with Crippen LogP contribution in [-0.2, 0) is 13.1 Å². The molecule has 5 heterocycles. The highest BCUT2D eigenvalue weighted by Gasteiger charge is 2.25. The minimum Gasteiger partial charge on any atom is -0.352 e. The fourth-order valence-electron chi connectivity index (χ4n) is 3.79. The lowest BCUT2D eigenvalue weighted by molar-refractivity contribution is 0.364. The third-order valence-electron chi connectivity index (χ3n) is 5.29. The summed E-state index contributed by atoms with van der Waals surface area (Å²) in [5.74, 6) is 0.953. The van der Waals surface area contributed by atoms with Gasteiger partial charge in [-0.25, -0.2) is 19.3 Å². The van der Waals surface area contributed by atoms with Crippen molar-refractivity contribution >= 4 is 17.5 Å². The Kier molecular flexibility index (Phi) is 4.69. The van der Waals surface area contributed by atoms with Crippen molar-refractivity contribution in [2.45, 2.75) is 25.7 Å². The first-order valence-electron chi connectivity index (χ1n) is 9.78. The lowest BCUT2D eigenvalue weighted by Crippen LogP contribution is -2.22. The molecule has 1 unspecified atom stereocenters. The number of pyridine rings is 2. The number of halogens is 1. The molecule has 0 saturated carbocycles. The van der Waals surface area contributed by atoms with Gasteiger partial charge in [0, 0.05) is 37.6 Å². The molecule has 3 aromatic heterocycles. The Morgan fingerprint density at radius 2 is 2.13 bits per heavy atom. The molecule has 5 rings (SSSR count). The van der Waals surface area contributed by atoms with Crippen LogP contribution in [0, 0.1) is 11.3 Å². The Bertz CT molecular complexity index is 1140. The Hall–Kier alpha value is -3.64. The Morgan fingerprint density at radius 3 is 2.97 bits per heavy atom. The van der Waals surface area contributed by atoms with Gasteiger partial charge < -0.3 is 15.5 Å². The predicted octanol–water partition coefficient (Wildman–Crippen LogP) is 2.70. The summed E-state index contributed by atoms with van der Waals surface area (Å²) < 4.78 is 13.6. The largest absolute Gasteiger partial charge is 0.352 e. The van der Waals surface area contributed by atoms with Crippen LogP contribution < -0.4 is 15.5 Å². The molecule has 30 heavy (non-hydrogen) atoms. The number of hydrogen-bond donors (Lipinski definition) is 2. The molecular weight excluding hydrogens is 383 g/mol. The molecule has 1 atom stereocenters. The number of alkyl halides is 1. The van der Waals surface area contributed by atoms with Gasteiger partial charge >= 0.3 is 0 Å². The van der Waals surface area contributed by atoms with Crippen molar-refractivity contribution in [3.8, 4) is 17.3 Å². The monoisotopic (exact) mass is 402 g/mol. The standard InChI is InChI=1S/C21H19FN8/c22-16-2-4-30(12-16)20-13(7-23)5-14(9-27-20)18-1-3-25-21(29-18)28-17-6-15-8-24-11-19(15)26-10-17/h1,3,5-6,9-10,16,24H,2,4,8,11-12H2,(H,25,28,29). The fraction of sp³-hybridized carbons (Fsp3) is 0.286. The molecule has 2 N–H and O–H groups in total. The highest BCUT2D eigenvalue weighted by atomic mass is 19.1. The Balaban J connectivity index is 1.40. The summed E-state index contributed by atoms with van der Waals surface area (Å²) in [4.78, 5) is 19.5. The maximum absolute atomic E-state index is 13.6. The summed E-state index contributed by atoms with van der Waals surface area (Å²) in [7, 11) is 0. The van der Waals surface area contributed by atoms with E-state index < -0.39 is 6.17 Å². The topological polar surface area (TPSA) is 103 Å². The van der Waals surface area contributed by atoms with Crippen LogP contribution >= 0.6 is 0 Å². The van der Waals surface area contributed by atoms with Crippen LogP contribution in [0.4, 0.5) is 21.8 Å². The van der Waals surface area contributed by atoms with E-state index in [4.69, 9.17) is 0 Å². The molecule has 3 aromatic rings. The molecule has 2 aliphatic heterocycles. The number of nitrogens with one attached hydrogen (secondary N) is 2. The second kappa shape index (κ2) is 7.65. The molecule has 0 radical (unpaired) electrons. The highest BCUT2D eigenvalue weighted by Crippen LogP contribution is 2.27. The average molecular weight is 402 g/mol. The van der Waals surface area contributed by atoms with Gasteiger partial charge in [0.1, 0.15) is 18.1 Å². The van der Waals surface area contributed by atoms with Gasteiger partial charge in [0.25, 0.3) is 0 Å². The molecule has 0 amide bonds. The van der Waals surface area contributed by atoms with Gasteiger partial charge in [-0.3, -0.25) is 4.98 Å². The van der Waals surface area contributed by atoms with E-state index in [1.165, 1.54) is 0 Å². The van der Waals surface area contributed by atoms with Crippen molar-refractivity contribution in [1.82, 2.24) is 25.3 Å². The first-order valence-corrected chi connectivity index (χ1v) is 9.78. The molecule has 0 aliphatic carbocycles. The smallest absolute Gasteiger partial charge is 0.227 e. The fourth-order valence-corrected chi connectivity index (χ4v) is 3.79. The zero-order chi connectivity index (χ0) is 20.5. The molecule has 150 valence electrons. The van der Waals surface area contributed by atoms with E-state index >= 15 is 0 Å². The lowest BCUT2D eigenvalue weighted by atomic mass is 10.1. The SMILES string of the molecule is N#Cc1cc(-c2ccnc(Nc3cnc4c(c3)CNC4)n2)cnc1N1CCC(F)C1. The van der Waals surface area contributed by atoms with E-state index in [1.54, 1.807) is 30.7 Å². The number of rotatable bonds is 4. The molecule has 1 saturated heterocycles. The third kappa shape index (κ3) is 3.53. The van der Waals surface area contributed by atoms with Crippen LogP contribution in [0.3, 0.4) is 0 Å². The van der Waals surface area contributed by atoms with Gasteiger partial charge in [-0.05, 0) is 30.2 Å². The highest BCUT2D eigenvalue weighted by molar-refractivity contribution is 5.67. The summed E-state index contributed by atoms with van der Waals surface area (Å²) >= 11 is 0. The van der Waals surface area contributed by atoms with Gasteiger partial charge in [0.2, 0.25) is 5.95 Å². The number of nitrogens with zero attached hydrogens (tertiary/aromatic N) is 6. The van der Waals surface area contributed by atoms with Crippen LogP contribution in [0.25, 0.3) is 11.3 Å². The minimum atomic E-state index is -0.877. The van der Waals surface area contributed by atoms with Crippen molar-refractivity contribution in [2.75, 3.05) is 23.3 Å². The molecule has 8 nitrogen and oxygen atoms in total. The number of hydrogen-bond acceptors (Lipinski definition) is 8. The van der Waals surface area contributed by atoms with Gasteiger partial charge in [0.05, 0.1) is 35.4 Å². The van der Waals surface area contributed by atoms with Crippen molar-refractivity contribution in [2.24, 2.45) is 0 Å². The molecule has 0 aromatic carbocycles. The molecule has 2 aliphatic rings. The number of aromatic nitrogens is 4. The van der Waals surface area contributed by atoms with Gasteiger partial charge in [-0.15, -0.1) is 0 Å². The van der Waals surface area contributed by atoms with E-state index in [1.807, 2.05) is 11.0 Å². The van der Waals surface area contributed by atoms with Crippen LogP contribution in [0.5, 0.6) is 0 Å². The third-order valence-corrected chi connectivity index (χ3v) is 5.29. The maximum Gasteiger partial charge on any atom is 0.227 e. The van der Waals surface area contributed by atoms with Crippen molar-refractivity contribution in [3.63, 3.8) is 0 Å².